The number of methoxy groups -OCH3 is 3. The normalized spacial score (nSPS) is 25.8. The number of ketones is 1. The van der Waals surface area contributed by atoms with Crippen LogP contribution in [-0.4, -0.2) is 38.2 Å². The molecule has 0 N–H and O–H groups in total. The number of Topliss-reactive ketones (excluding diaryl/α,β-unsaturated/α-hetero) is 1. The number of hydrogen-bond donors (Lipinski definition) is 0. The number of rotatable bonds is 3. The van der Waals surface area contributed by atoms with Gasteiger partial charge in [-0.3, -0.25) is 9.78 Å². The van der Waals surface area contributed by atoms with Gasteiger partial charge < -0.3 is 18.9 Å². The van der Waals surface area contributed by atoms with Gasteiger partial charge in [0.25, 0.3) is 0 Å². The number of ether oxygens (including phenoxy) is 4. The summed E-state index contributed by atoms with van der Waals surface area (Å²) in [5, 5.41) is 1.79. The molecule has 1 aromatic heterocycles. The number of fused-ring (bicyclic) bond motifs is 2. The highest BCUT2D eigenvalue weighted by atomic mass is 16.5. The third kappa shape index (κ3) is 1.58. The van der Waals surface area contributed by atoms with Gasteiger partial charge in [-0.05, 0) is 12.1 Å². The van der Waals surface area contributed by atoms with Crippen molar-refractivity contribution in [2.75, 3.05) is 21.3 Å². The molecule has 2 aromatic rings. The SMILES string of the molecule is COc1c(OC)c2c3c(nccc3c1OC)[C@@]13CC(=O)C[C@@H](C=C21)O3. The maximum absolute atomic E-state index is 12.3. The minimum Gasteiger partial charge on any atom is -0.492 e. The van der Waals surface area contributed by atoms with E-state index in [1.165, 1.54) is 0 Å². The van der Waals surface area contributed by atoms with E-state index in [0.29, 0.717) is 30.1 Å². The number of benzene rings is 1. The highest BCUT2D eigenvalue weighted by Crippen LogP contribution is 2.63. The fourth-order valence-electron chi connectivity index (χ4n) is 4.54. The summed E-state index contributed by atoms with van der Waals surface area (Å²) < 4.78 is 23.2. The van der Waals surface area contributed by atoms with Crippen LogP contribution < -0.4 is 14.2 Å². The summed E-state index contributed by atoms with van der Waals surface area (Å²) in [7, 11) is 4.80. The van der Waals surface area contributed by atoms with Crippen molar-refractivity contribution in [3.05, 3.63) is 29.6 Å². The average molecular weight is 339 g/mol. The van der Waals surface area contributed by atoms with Crippen molar-refractivity contribution in [2.45, 2.75) is 24.5 Å². The third-order valence-corrected chi connectivity index (χ3v) is 5.36. The molecule has 0 unspecified atom stereocenters. The van der Waals surface area contributed by atoms with E-state index in [-0.39, 0.29) is 11.9 Å². The first-order valence-corrected chi connectivity index (χ1v) is 8.18. The Labute approximate surface area is 144 Å². The first-order chi connectivity index (χ1) is 12.1. The molecule has 1 saturated heterocycles. The first kappa shape index (κ1) is 14.7. The zero-order chi connectivity index (χ0) is 17.3. The molecular weight excluding hydrogens is 322 g/mol. The average Bonchev–Trinajstić information content (AvgIpc) is 3.02. The minimum absolute atomic E-state index is 0.187. The number of hydrogen-bond acceptors (Lipinski definition) is 6. The Hall–Kier alpha value is -2.60. The Bertz CT molecular complexity index is 980. The van der Waals surface area contributed by atoms with Crippen molar-refractivity contribution >= 4 is 22.1 Å². The summed E-state index contributed by atoms with van der Waals surface area (Å²) in [6.45, 7) is 0. The van der Waals surface area contributed by atoms with E-state index in [1.807, 2.05) is 12.1 Å². The minimum atomic E-state index is -0.813. The number of aromatic nitrogens is 1. The van der Waals surface area contributed by atoms with Crippen molar-refractivity contribution in [2.24, 2.45) is 0 Å². The Morgan fingerprint density at radius 3 is 2.64 bits per heavy atom. The van der Waals surface area contributed by atoms with Gasteiger partial charge in [0.15, 0.2) is 11.5 Å². The van der Waals surface area contributed by atoms with Gasteiger partial charge in [0.05, 0.1) is 33.1 Å². The lowest BCUT2D eigenvalue weighted by molar-refractivity contribution is -0.137. The molecule has 6 heteroatoms. The zero-order valence-corrected chi connectivity index (χ0v) is 14.2. The van der Waals surface area contributed by atoms with E-state index >= 15 is 0 Å². The van der Waals surface area contributed by atoms with Crippen LogP contribution in [0.3, 0.4) is 0 Å². The monoisotopic (exact) mass is 339 g/mol. The predicted molar refractivity (Wildman–Crippen MR) is 90.2 cm³/mol. The van der Waals surface area contributed by atoms with Gasteiger partial charge in [-0.2, -0.15) is 0 Å². The maximum atomic E-state index is 12.3. The van der Waals surface area contributed by atoms with E-state index in [1.54, 1.807) is 27.5 Å². The van der Waals surface area contributed by atoms with E-state index in [4.69, 9.17) is 18.9 Å². The standard InChI is InChI=1S/C19H17NO5/c1-22-15-11-4-5-20-18-13(11)14(16(23-2)17(15)24-3)12-7-10-6-9(21)8-19(12,18)25-10/h4-5,7,10H,6,8H2,1-3H3/t10-,19+/m0/s1. The van der Waals surface area contributed by atoms with Gasteiger partial charge in [-0.15, -0.1) is 0 Å². The van der Waals surface area contributed by atoms with Gasteiger partial charge in [0.1, 0.15) is 11.4 Å². The highest BCUT2D eigenvalue weighted by molar-refractivity contribution is 6.11. The zero-order valence-electron chi connectivity index (χ0n) is 14.2. The lowest BCUT2D eigenvalue weighted by Gasteiger charge is -2.32. The van der Waals surface area contributed by atoms with E-state index < -0.39 is 5.60 Å². The molecule has 1 aromatic carbocycles. The van der Waals surface area contributed by atoms with Crippen LogP contribution in [0.2, 0.25) is 0 Å². The fourth-order valence-corrected chi connectivity index (χ4v) is 4.54. The molecule has 1 spiro atoms. The second-order valence-electron chi connectivity index (χ2n) is 6.54. The molecule has 0 radical (unpaired) electrons. The predicted octanol–water partition coefficient (Wildman–Crippen LogP) is 2.61. The molecule has 2 bridgehead atoms. The molecular formula is C19H17NO5. The van der Waals surface area contributed by atoms with Gasteiger partial charge >= 0.3 is 0 Å². The molecule has 5 rings (SSSR count). The van der Waals surface area contributed by atoms with E-state index in [0.717, 1.165) is 27.6 Å². The Morgan fingerprint density at radius 1 is 1.16 bits per heavy atom. The van der Waals surface area contributed by atoms with Gasteiger partial charge in [-0.1, -0.05) is 0 Å². The van der Waals surface area contributed by atoms with Gasteiger partial charge in [0, 0.05) is 40.9 Å². The molecule has 1 fully saturated rings. The summed E-state index contributed by atoms with van der Waals surface area (Å²) in [5.74, 6) is 1.91. The molecule has 0 amide bonds. The molecule has 2 atom stereocenters. The molecule has 2 aliphatic heterocycles. The molecule has 3 aliphatic rings. The van der Waals surface area contributed by atoms with Crippen LogP contribution in [0.5, 0.6) is 17.2 Å². The summed E-state index contributed by atoms with van der Waals surface area (Å²) in [5.41, 5.74) is 1.81. The molecule has 0 saturated carbocycles. The molecule has 25 heavy (non-hydrogen) atoms. The van der Waals surface area contributed by atoms with Crippen molar-refractivity contribution in [3.8, 4) is 17.2 Å². The fraction of sp³-hybridized carbons (Fsp3) is 0.368. The Balaban J connectivity index is 1.96. The van der Waals surface area contributed by atoms with Gasteiger partial charge in [0.2, 0.25) is 5.75 Å². The second-order valence-corrected chi connectivity index (χ2v) is 6.54. The number of carbonyl (C=O) groups is 1. The number of carbonyl (C=O) groups excluding carboxylic acids is 1. The van der Waals surface area contributed by atoms with Crippen molar-refractivity contribution in [1.29, 1.82) is 0 Å². The summed E-state index contributed by atoms with van der Waals surface area (Å²) >= 11 is 0. The number of nitrogens with zero attached hydrogens (tertiary/aromatic N) is 1. The van der Waals surface area contributed by atoms with E-state index in [2.05, 4.69) is 4.98 Å². The summed E-state index contributed by atoms with van der Waals surface area (Å²) in [6.07, 6.45) is 4.26. The van der Waals surface area contributed by atoms with Crippen LogP contribution in [0.1, 0.15) is 24.1 Å². The highest BCUT2D eigenvalue weighted by Gasteiger charge is 2.57. The van der Waals surface area contributed by atoms with Crippen LogP contribution in [0.4, 0.5) is 0 Å². The Morgan fingerprint density at radius 2 is 1.92 bits per heavy atom. The Kier molecular flexibility index (Phi) is 2.78. The molecule has 3 heterocycles. The largest absolute Gasteiger partial charge is 0.492 e. The molecule has 1 aliphatic carbocycles. The van der Waals surface area contributed by atoms with Crippen LogP contribution in [0.25, 0.3) is 16.3 Å². The summed E-state index contributed by atoms with van der Waals surface area (Å²) in [6, 6.07) is 1.89. The van der Waals surface area contributed by atoms with Crippen molar-refractivity contribution in [1.82, 2.24) is 4.98 Å². The first-order valence-electron chi connectivity index (χ1n) is 8.18. The van der Waals surface area contributed by atoms with Gasteiger partial charge in [-0.25, -0.2) is 0 Å². The van der Waals surface area contributed by atoms with Crippen molar-refractivity contribution in [3.63, 3.8) is 0 Å². The van der Waals surface area contributed by atoms with Crippen LogP contribution in [-0.2, 0) is 15.1 Å². The topological polar surface area (TPSA) is 66.9 Å². The smallest absolute Gasteiger partial charge is 0.204 e. The van der Waals surface area contributed by atoms with Crippen molar-refractivity contribution < 1.29 is 23.7 Å². The lowest BCUT2D eigenvalue weighted by atomic mass is 9.88. The number of pyridine rings is 1. The molecule has 128 valence electrons. The van der Waals surface area contributed by atoms with Crippen LogP contribution >= 0.6 is 0 Å². The maximum Gasteiger partial charge on any atom is 0.204 e. The van der Waals surface area contributed by atoms with E-state index in [9.17, 15) is 4.79 Å². The molecule has 6 nitrogen and oxygen atoms in total. The van der Waals surface area contributed by atoms with Crippen LogP contribution in [0.15, 0.2) is 18.3 Å². The third-order valence-electron chi connectivity index (χ3n) is 5.36. The lowest BCUT2D eigenvalue weighted by Crippen LogP contribution is -2.36. The quantitative estimate of drug-likeness (QED) is 0.856. The van der Waals surface area contributed by atoms with Crippen LogP contribution in [0, 0.1) is 0 Å². The second kappa shape index (κ2) is 4.73. The summed E-state index contributed by atoms with van der Waals surface area (Å²) in [4.78, 5) is 16.9.